The highest BCUT2D eigenvalue weighted by molar-refractivity contribution is 4.91. The molecule has 0 bridgehead atoms. The third-order valence-corrected chi connectivity index (χ3v) is 5.09. The highest BCUT2D eigenvalue weighted by Gasteiger charge is 2.34. The van der Waals surface area contributed by atoms with E-state index in [1.165, 1.54) is 64.2 Å². The van der Waals surface area contributed by atoms with Gasteiger partial charge in [-0.15, -0.1) is 0 Å². The SMILES string of the molecule is C1CCC(CC2CCC3CCCC3N2)C1. The minimum atomic E-state index is 0.882. The molecule has 1 heteroatoms. The molecule has 0 spiro atoms. The van der Waals surface area contributed by atoms with Gasteiger partial charge in [0.1, 0.15) is 0 Å². The summed E-state index contributed by atoms with van der Waals surface area (Å²) < 4.78 is 0. The van der Waals surface area contributed by atoms with Gasteiger partial charge in [-0.25, -0.2) is 0 Å². The van der Waals surface area contributed by atoms with Crippen LogP contribution in [0.5, 0.6) is 0 Å². The van der Waals surface area contributed by atoms with Gasteiger partial charge in [-0.05, 0) is 43.9 Å². The normalized spacial score (nSPS) is 42.0. The zero-order valence-electron chi connectivity index (χ0n) is 9.88. The van der Waals surface area contributed by atoms with Gasteiger partial charge in [0.2, 0.25) is 0 Å². The maximum Gasteiger partial charge on any atom is 0.00979 e. The second kappa shape index (κ2) is 4.45. The molecular formula is C14H25N. The van der Waals surface area contributed by atoms with Crippen LogP contribution in [-0.4, -0.2) is 12.1 Å². The third-order valence-electron chi connectivity index (χ3n) is 5.09. The van der Waals surface area contributed by atoms with Crippen LogP contribution in [0.15, 0.2) is 0 Å². The van der Waals surface area contributed by atoms with Crippen LogP contribution in [0, 0.1) is 11.8 Å². The summed E-state index contributed by atoms with van der Waals surface area (Å²) in [5.74, 6) is 2.12. The molecule has 0 aromatic rings. The fourth-order valence-electron chi connectivity index (χ4n) is 4.24. The van der Waals surface area contributed by atoms with E-state index in [0.717, 1.165) is 23.9 Å². The van der Waals surface area contributed by atoms with Crippen molar-refractivity contribution in [2.75, 3.05) is 0 Å². The lowest BCUT2D eigenvalue weighted by molar-refractivity contribution is 0.231. The van der Waals surface area contributed by atoms with Crippen LogP contribution in [0.25, 0.3) is 0 Å². The summed E-state index contributed by atoms with van der Waals surface area (Å²) in [6, 6.07) is 1.79. The Labute approximate surface area is 94.0 Å². The van der Waals surface area contributed by atoms with Crippen LogP contribution in [0.2, 0.25) is 0 Å². The van der Waals surface area contributed by atoms with Crippen LogP contribution in [0.3, 0.4) is 0 Å². The predicted octanol–water partition coefficient (Wildman–Crippen LogP) is 3.49. The number of nitrogens with one attached hydrogen (secondary N) is 1. The first-order valence-corrected chi connectivity index (χ1v) is 7.18. The number of piperidine rings is 1. The summed E-state index contributed by atoms with van der Waals surface area (Å²) in [6.07, 6.45) is 15.0. The van der Waals surface area contributed by atoms with Crippen LogP contribution < -0.4 is 5.32 Å². The molecular weight excluding hydrogens is 182 g/mol. The Morgan fingerprint density at radius 1 is 0.800 bits per heavy atom. The highest BCUT2D eigenvalue weighted by atomic mass is 15.0. The molecule has 2 aliphatic carbocycles. The first-order chi connectivity index (χ1) is 7.42. The van der Waals surface area contributed by atoms with Gasteiger partial charge in [-0.2, -0.15) is 0 Å². The van der Waals surface area contributed by atoms with Gasteiger partial charge in [0.25, 0.3) is 0 Å². The van der Waals surface area contributed by atoms with E-state index in [-0.39, 0.29) is 0 Å². The van der Waals surface area contributed by atoms with Crippen LogP contribution >= 0.6 is 0 Å². The summed E-state index contributed by atoms with van der Waals surface area (Å²) in [5.41, 5.74) is 0. The Bertz CT molecular complexity index is 205. The predicted molar refractivity (Wildman–Crippen MR) is 63.9 cm³/mol. The van der Waals surface area contributed by atoms with Crippen molar-refractivity contribution < 1.29 is 0 Å². The molecule has 3 aliphatic rings. The smallest absolute Gasteiger partial charge is 0.00979 e. The van der Waals surface area contributed by atoms with E-state index < -0.39 is 0 Å². The lowest BCUT2D eigenvalue weighted by atomic mass is 9.85. The van der Waals surface area contributed by atoms with Crippen molar-refractivity contribution in [2.24, 2.45) is 11.8 Å². The lowest BCUT2D eigenvalue weighted by Crippen LogP contribution is -2.45. The fraction of sp³-hybridized carbons (Fsp3) is 1.00. The largest absolute Gasteiger partial charge is 0.311 e. The van der Waals surface area contributed by atoms with Crippen LogP contribution in [0.1, 0.15) is 64.2 Å². The molecule has 86 valence electrons. The van der Waals surface area contributed by atoms with Gasteiger partial charge in [0.15, 0.2) is 0 Å². The van der Waals surface area contributed by atoms with Crippen molar-refractivity contribution >= 4 is 0 Å². The summed E-state index contributed by atoms with van der Waals surface area (Å²) in [5, 5.41) is 3.94. The van der Waals surface area contributed by atoms with Gasteiger partial charge < -0.3 is 5.32 Å². The molecule has 0 amide bonds. The molecule has 2 saturated carbocycles. The number of hydrogen-bond acceptors (Lipinski definition) is 1. The van der Waals surface area contributed by atoms with Gasteiger partial charge in [0.05, 0.1) is 0 Å². The minimum Gasteiger partial charge on any atom is -0.311 e. The molecule has 15 heavy (non-hydrogen) atoms. The molecule has 1 aliphatic heterocycles. The highest BCUT2D eigenvalue weighted by Crippen LogP contribution is 2.36. The number of hydrogen-bond donors (Lipinski definition) is 1. The third kappa shape index (κ3) is 2.22. The van der Waals surface area contributed by atoms with Crippen molar-refractivity contribution in [1.82, 2.24) is 5.32 Å². The lowest BCUT2D eigenvalue weighted by Gasteiger charge is -2.34. The number of fused-ring (bicyclic) bond motifs is 1. The van der Waals surface area contributed by atoms with E-state index in [1.807, 2.05) is 0 Å². The summed E-state index contributed by atoms with van der Waals surface area (Å²) in [6.45, 7) is 0. The van der Waals surface area contributed by atoms with E-state index >= 15 is 0 Å². The molecule has 3 atom stereocenters. The molecule has 0 aromatic carbocycles. The Balaban J connectivity index is 1.50. The fourth-order valence-corrected chi connectivity index (χ4v) is 4.24. The van der Waals surface area contributed by atoms with Crippen molar-refractivity contribution in [3.05, 3.63) is 0 Å². The molecule has 3 rings (SSSR count). The van der Waals surface area contributed by atoms with Crippen molar-refractivity contribution in [3.8, 4) is 0 Å². The second-order valence-electron chi connectivity index (χ2n) is 6.12. The first-order valence-electron chi connectivity index (χ1n) is 7.18. The summed E-state index contributed by atoms with van der Waals surface area (Å²) >= 11 is 0. The van der Waals surface area contributed by atoms with E-state index in [9.17, 15) is 0 Å². The molecule has 1 nitrogen and oxygen atoms in total. The first kappa shape index (κ1) is 10.1. The maximum absolute atomic E-state index is 3.94. The Morgan fingerprint density at radius 2 is 1.67 bits per heavy atom. The molecule has 0 aromatic heterocycles. The Morgan fingerprint density at radius 3 is 2.53 bits per heavy atom. The van der Waals surface area contributed by atoms with Gasteiger partial charge in [-0.3, -0.25) is 0 Å². The maximum atomic E-state index is 3.94. The van der Waals surface area contributed by atoms with Crippen molar-refractivity contribution in [1.29, 1.82) is 0 Å². The van der Waals surface area contributed by atoms with E-state index in [2.05, 4.69) is 5.32 Å². The van der Waals surface area contributed by atoms with E-state index in [1.54, 1.807) is 0 Å². The average Bonchev–Trinajstić information content (AvgIpc) is 2.87. The van der Waals surface area contributed by atoms with Gasteiger partial charge in [-0.1, -0.05) is 32.1 Å². The second-order valence-corrected chi connectivity index (χ2v) is 6.12. The van der Waals surface area contributed by atoms with Crippen LogP contribution in [0.4, 0.5) is 0 Å². The van der Waals surface area contributed by atoms with Crippen molar-refractivity contribution in [2.45, 2.75) is 76.3 Å². The standard InChI is InChI=1S/C14H25N/c1-2-5-11(4-1)10-13-9-8-12-6-3-7-14(12)15-13/h11-15H,1-10H2. The van der Waals surface area contributed by atoms with Crippen LogP contribution in [-0.2, 0) is 0 Å². The summed E-state index contributed by atoms with van der Waals surface area (Å²) in [4.78, 5) is 0. The van der Waals surface area contributed by atoms with Crippen molar-refractivity contribution in [3.63, 3.8) is 0 Å². The number of rotatable bonds is 2. The molecule has 3 unspecified atom stereocenters. The Hall–Kier alpha value is -0.0400. The molecule has 1 N–H and O–H groups in total. The molecule has 1 saturated heterocycles. The van der Waals surface area contributed by atoms with E-state index in [4.69, 9.17) is 0 Å². The average molecular weight is 207 g/mol. The molecule has 3 fully saturated rings. The van der Waals surface area contributed by atoms with E-state index in [0.29, 0.717) is 0 Å². The molecule has 0 radical (unpaired) electrons. The van der Waals surface area contributed by atoms with Gasteiger partial charge in [0, 0.05) is 12.1 Å². The monoisotopic (exact) mass is 207 g/mol. The minimum absolute atomic E-state index is 0.882. The summed E-state index contributed by atoms with van der Waals surface area (Å²) in [7, 11) is 0. The molecule has 1 heterocycles. The zero-order chi connectivity index (χ0) is 10.1. The zero-order valence-corrected chi connectivity index (χ0v) is 9.88. The topological polar surface area (TPSA) is 12.0 Å². The Kier molecular flexibility index (Phi) is 3.01. The quantitative estimate of drug-likeness (QED) is 0.731. The van der Waals surface area contributed by atoms with Gasteiger partial charge >= 0.3 is 0 Å².